The van der Waals surface area contributed by atoms with Gasteiger partial charge in [-0.25, -0.2) is 0 Å². The Kier molecular flexibility index (Phi) is 16.9. The molecular formula is C23H46O3Sn. The van der Waals surface area contributed by atoms with E-state index < -0.39 is 18.4 Å². The molecule has 0 saturated carbocycles. The molecule has 0 rings (SSSR count). The first-order valence-corrected chi connectivity index (χ1v) is 19.0. The van der Waals surface area contributed by atoms with Gasteiger partial charge in [-0.05, 0) is 0 Å². The van der Waals surface area contributed by atoms with Crippen molar-refractivity contribution in [1.29, 1.82) is 0 Å². The van der Waals surface area contributed by atoms with E-state index >= 15 is 0 Å². The number of unbranched alkanes of at least 4 members (excludes halogenated alkanes) is 5. The van der Waals surface area contributed by atoms with Gasteiger partial charge in [-0.2, -0.15) is 0 Å². The maximum atomic E-state index is 11.3. The Morgan fingerprint density at radius 1 is 0.889 bits per heavy atom. The van der Waals surface area contributed by atoms with Gasteiger partial charge in [-0.1, -0.05) is 0 Å². The molecule has 1 N–H and O–H groups in total. The van der Waals surface area contributed by atoms with Crippen LogP contribution < -0.4 is 0 Å². The van der Waals surface area contributed by atoms with Gasteiger partial charge in [0.1, 0.15) is 0 Å². The summed E-state index contributed by atoms with van der Waals surface area (Å²) in [4.78, 5) is 11.3. The van der Waals surface area contributed by atoms with E-state index in [1.54, 1.807) is 0 Å². The molecule has 0 aliphatic heterocycles. The Morgan fingerprint density at radius 3 is 1.78 bits per heavy atom. The van der Waals surface area contributed by atoms with Crippen LogP contribution >= 0.6 is 0 Å². The molecule has 0 aliphatic carbocycles. The van der Waals surface area contributed by atoms with Crippen LogP contribution in [0.2, 0.25) is 13.3 Å². The summed E-state index contributed by atoms with van der Waals surface area (Å²) in [7, 11) is 0. The van der Waals surface area contributed by atoms with E-state index in [4.69, 9.17) is 4.74 Å². The molecule has 0 aromatic heterocycles. The molecule has 0 radical (unpaired) electrons. The average molecular weight is 489 g/mol. The number of rotatable bonds is 17. The Balaban J connectivity index is 5.72. The molecule has 0 aromatic carbocycles. The van der Waals surface area contributed by atoms with Gasteiger partial charge in [0.15, 0.2) is 0 Å². The average Bonchev–Trinajstić information content (AvgIpc) is 2.65. The number of carbonyl (C=O) groups is 1. The molecule has 0 spiro atoms. The second kappa shape index (κ2) is 16.9. The SMILES string of the molecule is CCCCCC(O)/[C](=C\COC(C)=O)[Sn]([CH2]CCC)([CH2]CCC)[CH2]CCC. The van der Waals surface area contributed by atoms with Crippen LogP contribution in [0.25, 0.3) is 0 Å². The normalized spacial score (nSPS) is 13.6. The van der Waals surface area contributed by atoms with E-state index in [9.17, 15) is 9.90 Å². The van der Waals surface area contributed by atoms with Gasteiger partial charge in [0.2, 0.25) is 0 Å². The number of esters is 1. The van der Waals surface area contributed by atoms with E-state index in [0.717, 1.165) is 12.8 Å². The molecule has 27 heavy (non-hydrogen) atoms. The predicted octanol–water partition coefficient (Wildman–Crippen LogP) is 6.81. The second-order valence-corrected chi connectivity index (χ2v) is 21.3. The molecule has 4 heteroatoms. The van der Waals surface area contributed by atoms with E-state index in [1.165, 1.54) is 75.2 Å². The Bertz CT molecular complexity index is 385. The van der Waals surface area contributed by atoms with Crippen molar-refractivity contribution in [2.45, 2.75) is 118 Å². The van der Waals surface area contributed by atoms with Gasteiger partial charge in [-0.15, -0.1) is 0 Å². The van der Waals surface area contributed by atoms with Crippen molar-refractivity contribution < 1.29 is 14.6 Å². The fourth-order valence-corrected chi connectivity index (χ4v) is 21.4. The van der Waals surface area contributed by atoms with Crippen LogP contribution in [0.1, 0.15) is 98.8 Å². The minimum atomic E-state index is -2.69. The topological polar surface area (TPSA) is 46.5 Å². The summed E-state index contributed by atoms with van der Waals surface area (Å²) in [6.07, 6.45) is 13.6. The molecule has 0 amide bonds. The van der Waals surface area contributed by atoms with Crippen molar-refractivity contribution in [3.8, 4) is 0 Å². The number of hydrogen-bond acceptors (Lipinski definition) is 3. The molecule has 0 bridgehead atoms. The first kappa shape index (κ1) is 27.0. The van der Waals surface area contributed by atoms with E-state index in [-0.39, 0.29) is 12.1 Å². The van der Waals surface area contributed by atoms with Crippen LogP contribution in [-0.4, -0.2) is 42.2 Å². The third kappa shape index (κ3) is 11.5. The molecule has 0 fully saturated rings. The van der Waals surface area contributed by atoms with Crippen LogP contribution in [0.15, 0.2) is 9.67 Å². The number of hydrogen-bond donors (Lipinski definition) is 1. The van der Waals surface area contributed by atoms with Crippen LogP contribution in [0.5, 0.6) is 0 Å². The standard InChI is InChI=1S/C11H19O3.3C4H9.Sn/c1-3-4-5-7-11(13)8-6-9-14-10(2)12;3*1-3-4-2;/h6,11,13H,3-5,7,9H2,1-2H3;3*1,3-4H2,2H3;. The first-order chi connectivity index (χ1) is 13.0. The Hall–Kier alpha value is -0.0313. The molecule has 1 atom stereocenters. The van der Waals surface area contributed by atoms with Gasteiger partial charge >= 0.3 is 173 Å². The van der Waals surface area contributed by atoms with E-state index in [2.05, 4.69) is 33.8 Å². The summed E-state index contributed by atoms with van der Waals surface area (Å²) in [5, 5.41) is 11.2. The zero-order valence-corrected chi connectivity index (χ0v) is 21.7. The van der Waals surface area contributed by atoms with Crippen LogP contribution in [0.4, 0.5) is 0 Å². The van der Waals surface area contributed by atoms with Crippen molar-refractivity contribution in [3.63, 3.8) is 0 Å². The van der Waals surface area contributed by atoms with Crippen LogP contribution in [-0.2, 0) is 9.53 Å². The third-order valence-corrected chi connectivity index (χ3v) is 21.9. The monoisotopic (exact) mass is 490 g/mol. The zero-order valence-electron chi connectivity index (χ0n) is 18.8. The molecule has 0 heterocycles. The van der Waals surface area contributed by atoms with Crippen LogP contribution in [0, 0.1) is 0 Å². The summed E-state index contributed by atoms with van der Waals surface area (Å²) in [5.41, 5.74) is 0. The second-order valence-electron chi connectivity index (χ2n) is 8.06. The molecule has 0 saturated heterocycles. The number of aliphatic hydroxyl groups is 1. The first-order valence-electron chi connectivity index (χ1n) is 11.5. The van der Waals surface area contributed by atoms with Gasteiger partial charge in [-0.3, -0.25) is 0 Å². The fourth-order valence-electron chi connectivity index (χ4n) is 4.05. The van der Waals surface area contributed by atoms with Crippen LogP contribution in [0.3, 0.4) is 0 Å². The number of ether oxygens (including phenoxy) is 1. The number of carbonyl (C=O) groups excluding carboxylic acids is 1. The van der Waals surface area contributed by atoms with Gasteiger partial charge in [0.25, 0.3) is 0 Å². The minimum absolute atomic E-state index is 0.234. The van der Waals surface area contributed by atoms with Gasteiger partial charge in [0, 0.05) is 0 Å². The van der Waals surface area contributed by atoms with Crippen molar-refractivity contribution in [3.05, 3.63) is 9.67 Å². The number of aliphatic hydroxyl groups excluding tert-OH is 1. The summed E-state index contributed by atoms with van der Waals surface area (Å²) in [6, 6.07) is 0. The Morgan fingerprint density at radius 2 is 1.37 bits per heavy atom. The third-order valence-electron chi connectivity index (χ3n) is 5.67. The summed E-state index contributed by atoms with van der Waals surface area (Å²) in [5.74, 6) is -0.234. The predicted molar refractivity (Wildman–Crippen MR) is 120 cm³/mol. The van der Waals surface area contributed by atoms with Crippen molar-refractivity contribution in [1.82, 2.24) is 0 Å². The molecular weight excluding hydrogens is 443 g/mol. The van der Waals surface area contributed by atoms with E-state index in [1.807, 2.05) is 0 Å². The molecule has 3 nitrogen and oxygen atoms in total. The summed E-state index contributed by atoms with van der Waals surface area (Å²) in [6.45, 7) is 10.8. The fraction of sp³-hybridized carbons (Fsp3) is 0.870. The zero-order chi connectivity index (χ0) is 20.5. The van der Waals surface area contributed by atoms with Crippen molar-refractivity contribution >= 4 is 24.3 Å². The van der Waals surface area contributed by atoms with Gasteiger partial charge < -0.3 is 0 Å². The Labute approximate surface area is 173 Å². The quantitative estimate of drug-likeness (QED) is 0.139. The summed E-state index contributed by atoms with van der Waals surface area (Å²) >= 11 is -2.69. The molecule has 160 valence electrons. The molecule has 0 aromatic rings. The van der Waals surface area contributed by atoms with Crippen molar-refractivity contribution in [2.75, 3.05) is 6.61 Å². The molecule has 1 unspecified atom stereocenters. The maximum absolute atomic E-state index is 11.3. The van der Waals surface area contributed by atoms with Gasteiger partial charge in [0.05, 0.1) is 0 Å². The molecule has 0 aliphatic rings. The summed E-state index contributed by atoms with van der Waals surface area (Å²) < 4.78 is 10.6. The van der Waals surface area contributed by atoms with Crippen molar-refractivity contribution in [2.24, 2.45) is 0 Å². The van der Waals surface area contributed by atoms with E-state index in [0.29, 0.717) is 6.61 Å².